The average molecular weight is 1090 g/mol. The van der Waals surface area contributed by atoms with Crippen molar-refractivity contribution in [1.82, 2.24) is 36.1 Å². The second-order valence-electron chi connectivity index (χ2n) is 17.1. The molecule has 1 aromatic heterocycles. The number of fused-ring (bicyclic) bond motifs is 5. The zero-order valence-corrected chi connectivity index (χ0v) is 44.1. The van der Waals surface area contributed by atoms with E-state index in [-0.39, 0.29) is 112 Å². The molecule has 0 fully saturated rings. The van der Waals surface area contributed by atoms with Crippen LogP contribution in [0, 0.1) is 6.92 Å². The van der Waals surface area contributed by atoms with Crippen LogP contribution < -0.4 is 47.9 Å². The molecule has 0 saturated carbocycles. The Morgan fingerprint density at radius 3 is 2.01 bits per heavy atom. The molecule has 0 unspecified atom stereocenters. The van der Waals surface area contributed by atoms with E-state index in [0.717, 1.165) is 16.0 Å². The summed E-state index contributed by atoms with van der Waals surface area (Å²) in [5.74, 6) is -4.06. The van der Waals surface area contributed by atoms with Crippen LogP contribution in [0.2, 0.25) is 0 Å². The predicted octanol–water partition coefficient (Wildman–Crippen LogP) is 2.93. The number of likely N-dealkylation sites (N-methyl/N-ethyl adjacent to an activating group) is 1. The number of nitrogens with one attached hydrogen (secondary N) is 4. The highest BCUT2D eigenvalue weighted by Gasteiger charge is 2.36. The molecule has 5 amide bonds. The maximum Gasteiger partial charge on any atom is 0.283 e. The first-order valence-electron chi connectivity index (χ1n) is 21.6. The SMILES string of the molecule is Cc1nc(-c2ccc(C(C)(C)C)cc2)ncc1C(=O)N[C@@H](CCN)C(=O)N(C)[C@@H]1C(=O)N[C@@H](C)C(=O)N[C@H](C(=O)NCS(=O)(=O)O)Cc2ccc(OCCN)c(c2)-c2cc1ccc2OCCN.Cl.Cl.Cl.Cl. The van der Waals surface area contributed by atoms with Crippen LogP contribution in [0.3, 0.4) is 0 Å². The molecule has 0 radical (unpaired) electrons. The number of nitrogens with zero attached hydrogens (tertiary/aromatic N) is 3. The van der Waals surface area contributed by atoms with Gasteiger partial charge < -0.3 is 52.8 Å². The molecule has 4 atom stereocenters. The van der Waals surface area contributed by atoms with Crippen LogP contribution in [-0.4, -0.2) is 121 Å². The summed E-state index contributed by atoms with van der Waals surface area (Å²) >= 11 is 0. The van der Waals surface area contributed by atoms with Crippen LogP contribution in [-0.2, 0) is 41.1 Å². The number of nitrogens with two attached hydrogens (primary N) is 3. The molecule has 20 nitrogen and oxygen atoms in total. The van der Waals surface area contributed by atoms with E-state index in [9.17, 15) is 36.9 Å². The second-order valence-corrected chi connectivity index (χ2v) is 18.6. The van der Waals surface area contributed by atoms with E-state index in [1.165, 1.54) is 20.2 Å². The Balaban J connectivity index is 0.00000630. The van der Waals surface area contributed by atoms with Crippen LogP contribution in [0.1, 0.15) is 72.9 Å². The number of amides is 5. The number of halogens is 4. The number of aryl methyl sites for hydroxylation is 1. The van der Waals surface area contributed by atoms with Crippen molar-refractivity contribution in [1.29, 1.82) is 0 Å². The number of carbonyl (C=O) groups is 5. The summed E-state index contributed by atoms with van der Waals surface area (Å²) in [6.45, 7) is 9.79. The zero-order valence-electron chi connectivity index (χ0n) is 40.1. The van der Waals surface area contributed by atoms with Crippen LogP contribution in [0.25, 0.3) is 22.5 Å². The largest absolute Gasteiger partial charge is 0.492 e. The third-order valence-corrected chi connectivity index (χ3v) is 11.4. The second kappa shape index (κ2) is 28.0. The fraction of sp³-hybridized carbons (Fsp3) is 0.413. The minimum atomic E-state index is -4.64. The first-order chi connectivity index (χ1) is 31.6. The molecule has 1 aliphatic heterocycles. The summed E-state index contributed by atoms with van der Waals surface area (Å²) < 4.78 is 44.5. The lowest BCUT2D eigenvalue weighted by molar-refractivity contribution is -0.141. The lowest BCUT2D eigenvalue weighted by Crippen LogP contribution is -2.56. The maximum absolute atomic E-state index is 14.6. The lowest BCUT2D eigenvalue weighted by Gasteiger charge is -2.32. The third kappa shape index (κ3) is 16.9. The number of benzene rings is 3. The Kier molecular flexibility index (Phi) is 25.1. The first kappa shape index (κ1) is 63.7. The standard InChI is InChI=1S/C46H60N10O10S.4ClH/c1-26-34(24-50-40(52-26)29-8-11-31(12-9-29)46(3,4)5)42(58)54-35(15-16-47)45(61)56(6)39-30-10-14-38(66-20-18-49)33(23-30)32-21-28(7-13-37(32)65-19-17-48)22-36(43(59)51-25-67(62,63)64)55-41(57)27(2)53-44(39)60;;;;/h7-14,21,23-24,27,35-36,39H,15-20,22,25,47-49H2,1-6H3,(H,51,59)(H,53,60)(H,54,58)(H,55,57)(H,62,63,64);4*1H/t27-,35-,36-,39-;;;;/m0..../s1. The van der Waals surface area contributed by atoms with E-state index < -0.39 is 69.7 Å². The molecule has 4 aromatic rings. The molecule has 5 rings (SSSR count). The Bertz CT molecular complexity index is 2590. The van der Waals surface area contributed by atoms with Crippen molar-refractivity contribution in [3.63, 3.8) is 0 Å². The fourth-order valence-electron chi connectivity index (χ4n) is 7.35. The van der Waals surface area contributed by atoms with Gasteiger partial charge in [0.25, 0.3) is 16.0 Å². The fourth-order valence-corrected chi connectivity index (χ4v) is 7.67. The van der Waals surface area contributed by atoms with Gasteiger partial charge in [0.05, 0.1) is 11.3 Å². The zero-order chi connectivity index (χ0) is 49.2. The molecule has 0 aliphatic carbocycles. The van der Waals surface area contributed by atoms with E-state index in [1.807, 2.05) is 24.3 Å². The summed E-state index contributed by atoms with van der Waals surface area (Å²) in [7, 11) is -3.27. The molecule has 25 heteroatoms. The highest BCUT2D eigenvalue weighted by Crippen LogP contribution is 2.40. The summed E-state index contributed by atoms with van der Waals surface area (Å²) in [6, 6.07) is 12.1. The molecular weight excluding hydrogens is 1030 g/mol. The normalized spacial score (nSPS) is 16.0. The van der Waals surface area contributed by atoms with Crippen molar-refractivity contribution in [2.75, 3.05) is 45.8 Å². The molecular formula is C46H64Cl4N10O10S. The highest BCUT2D eigenvalue weighted by atomic mass is 35.5. The van der Waals surface area contributed by atoms with E-state index in [2.05, 4.69) is 52.0 Å². The summed E-state index contributed by atoms with van der Waals surface area (Å²) in [5.41, 5.74) is 21.4. The molecule has 392 valence electrons. The maximum atomic E-state index is 14.6. The Morgan fingerprint density at radius 1 is 0.873 bits per heavy atom. The smallest absolute Gasteiger partial charge is 0.283 e. The van der Waals surface area contributed by atoms with Crippen LogP contribution in [0.15, 0.2) is 66.9 Å². The number of hydrogen-bond acceptors (Lipinski definition) is 14. The van der Waals surface area contributed by atoms with Gasteiger partial charge in [-0.3, -0.25) is 28.5 Å². The van der Waals surface area contributed by atoms with Gasteiger partial charge in [0.15, 0.2) is 5.82 Å². The molecule has 2 heterocycles. The van der Waals surface area contributed by atoms with Gasteiger partial charge in [0.1, 0.15) is 54.8 Å². The molecule has 1 aliphatic rings. The number of carbonyl (C=O) groups excluding carboxylic acids is 5. The molecule has 71 heavy (non-hydrogen) atoms. The van der Waals surface area contributed by atoms with E-state index in [0.29, 0.717) is 39.7 Å². The van der Waals surface area contributed by atoms with Crippen LogP contribution in [0.5, 0.6) is 11.5 Å². The minimum absolute atomic E-state index is 0. The number of ether oxygens (including phenoxy) is 2. The summed E-state index contributed by atoms with van der Waals surface area (Å²) in [4.78, 5) is 80.4. The molecule has 11 N–H and O–H groups in total. The minimum Gasteiger partial charge on any atom is -0.492 e. The average Bonchev–Trinajstić information content (AvgIpc) is 3.28. The Morgan fingerprint density at radius 2 is 1.46 bits per heavy atom. The molecule has 3 aromatic carbocycles. The van der Waals surface area contributed by atoms with E-state index in [4.69, 9.17) is 26.7 Å². The van der Waals surface area contributed by atoms with Gasteiger partial charge in [0, 0.05) is 49.4 Å². The van der Waals surface area contributed by atoms with Gasteiger partial charge in [0.2, 0.25) is 23.6 Å². The first-order valence-corrected chi connectivity index (χ1v) is 23.2. The summed E-state index contributed by atoms with van der Waals surface area (Å²) in [5, 5.41) is 10.1. The topological polar surface area (TPSA) is 313 Å². The van der Waals surface area contributed by atoms with Gasteiger partial charge in [-0.2, -0.15) is 8.42 Å². The molecule has 0 spiro atoms. The van der Waals surface area contributed by atoms with E-state index in [1.54, 1.807) is 43.3 Å². The quantitative estimate of drug-likeness (QED) is 0.0749. The van der Waals surface area contributed by atoms with Crippen LogP contribution in [0.4, 0.5) is 0 Å². The Hall–Kier alpha value is -5.36. The van der Waals surface area contributed by atoms with Crippen molar-refractivity contribution in [3.8, 4) is 34.0 Å². The van der Waals surface area contributed by atoms with Gasteiger partial charge in [-0.15, -0.1) is 49.6 Å². The molecule has 0 saturated heterocycles. The predicted molar refractivity (Wildman–Crippen MR) is 279 cm³/mol. The number of aromatic nitrogens is 2. The molecule has 4 bridgehead atoms. The van der Waals surface area contributed by atoms with Crippen molar-refractivity contribution in [3.05, 3.63) is 94.8 Å². The van der Waals surface area contributed by atoms with Crippen molar-refractivity contribution >= 4 is 89.3 Å². The number of hydrogen-bond donors (Lipinski definition) is 8. The van der Waals surface area contributed by atoms with Crippen molar-refractivity contribution < 1.29 is 46.4 Å². The van der Waals surface area contributed by atoms with Crippen LogP contribution >= 0.6 is 49.6 Å². The van der Waals surface area contributed by atoms with Gasteiger partial charge >= 0.3 is 0 Å². The lowest BCUT2D eigenvalue weighted by atomic mass is 9.87. The highest BCUT2D eigenvalue weighted by molar-refractivity contribution is 7.85. The monoisotopic (exact) mass is 1090 g/mol. The summed E-state index contributed by atoms with van der Waals surface area (Å²) in [6.07, 6.45) is 1.17. The Labute approximate surface area is 438 Å². The number of rotatable bonds is 16. The third-order valence-electron chi connectivity index (χ3n) is 10.9. The van der Waals surface area contributed by atoms with Gasteiger partial charge in [-0.1, -0.05) is 57.2 Å². The van der Waals surface area contributed by atoms with Crippen molar-refractivity contribution in [2.45, 2.75) is 77.0 Å². The van der Waals surface area contributed by atoms with Gasteiger partial charge in [-0.25, -0.2) is 9.97 Å². The van der Waals surface area contributed by atoms with Gasteiger partial charge in [-0.05, 0) is 73.2 Å². The van der Waals surface area contributed by atoms with E-state index >= 15 is 0 Å². The van der Waals surface area contributed by atoms with Crippen molar-refractivity contribution in [2.24, 2.45) is 17.2 Å².